The molecule has 1 aromatic carbocycles. The van der Waals surface area contributed by atoms with Gasteiger partial charge in [-0.1, -0.05) is 42.2 Å². The number of methoxy groups -OCH3 is 1. The number of nitrogens with zero attached hydrogens (tertiary/aromatic N) is 2. The van der Waals surface area contributed by atoms with Crippen LogP contribution >= 0.6 is 23.1 Å². The van der Waals surface area contributed by atoms with Gasteiger partial charge in [0.05, 0.1) is 12.7 Å². The van der Waals surface area contributed by atoms with Gasteiger partial charge in [-0.15, -0.1) is 10.2 Å². The van der Waals surface area contributed by atoms with E-state index >= 15 is 0 Å². The van der Waals surface area contributed by atoms with Gasteiger partial charge < -0.3 is 4.74 Å². The molecule has 0 fully saturated rings. The lowest BCUT2D eigenvalue weighted by Crippen LogP contribution is -2.07. The van der Waals surface area contributed by atoms with Crippen LogP contribution in [0.2, 0.25) is 0 Å². The second-order valence-electron chi connectivity index (χ2n) is 4.24. The number of hydrogen-bond acceptors (Lipinski definition) is 7. The molecule has 1 amide bonds. The van der Waals surface area contributed by atoms with Gasteiger partial charge in [-0.05, 0) is 29.5 Å². The van der Waals surface area contributed by atoms with Crippen molar-refractivity contribution < 1.29 is 14.3 Å². The average Bonchev–Trinajstić information content (AvgIpc) is 3.00. The molecule has 0 saturated heterocycles. The van der Waals surface area contributed by atoms with Crippen molar-refractivity contribution in [3.63, 3.8) is 0 Å². The van der Waals surface area contributed by atoms with E-state index in [0.717, 1.165) is 15.7 Å². The molecule has 0 aliphatic carbocycles. The molecule has 0 radical (unpaired) electrons. The van der Waals surface area contributed by atoms with E-state index in [1.54, 1.807) is 42.1 Å². The van der Waals surface area contributed by atoms with Gasteiger partial charge in [-0.2, -0.15) is 0 Å². The fourth-order valence-electron chi connectivity index (χ4n) is 1.61. The highest BCUT2D eigenvalue weighted by Crippen LogP contribution is 2.24. The van der Waals surface area contributed by atoms with Crippen LogP contribution in [0.4, 0.5) is 5.13 Å². The van der Waals surface area contributed by atoms with E-state index in [-0.39, 0.29) is 5.91 Å². The van der Waals surface area contributed by atoms with Crippen LogP contribution in [0.15, 0.2) is 34.7 Å². The first-order chi connectivity index (χ1) is 11.1. The maximum atomic E-state index is 11.8. The summed E-state index contributed by atoms with van der Waals surface area (Å²) in [4.78, 5) is 23.2. The van der Waals surface area contributed by atoms with Crippen LogP contribution in [-0.4, -0.2) is 34.9 Å². The number of nitrogens with one attached hydrogen (secondary N) is 1. The first kappa shape index (κ1) is 17.2. The number of ether oxygens (including phenoxy) is 1. The molecule has 8 heteroatoms. The maximum Gasteiger partial charge on any atom is 0.337 e. The number of carbonyl (C=O) groups excluding carboxylic acids is 2. The molecule has 0 bridgehead atoms. The largest absolute Gasteiger partial charge is 0.465 e. The van der Waals surface area contributed by atoms with Crippen molar-refractivity contribution >= 4 is 46.2 Å². The van der Waals surface area contributed by atoms with E-state index < -0.39 is 5.97 Å². The Morgan fingerprint density at radius 1 is 1.30 bits per heavy atom. The summed E-state index contributed by atoms with van der Waals surface area (Å²) in [6.45, 7) is 2.03. The molecule has 0 saturated carbocycles. The lowest BCUT2D eigenvalue weighted by molar-refractivity contribution is -0.111. The van der Waals surface area contributed by atoms with Gasteiger partial charge in [0, 0.05) is 6.08 Å². The average molecular weight is 349 g/mol. The Morgan fingerprint density at radius 2 is 2.04 bits per heavy atom. The molecule has 0 aliphatic rings. The SMILES string of the molecule is CCSc1nnc(NC(=O)/C=C/c2ccc(C(=O)OC)cc2)s1. The predicted octanol–water partition coefficient (Wildman–Crippen LogP) is 3.09. The van der Waals surface area contributed by atoms with Crippen molar-refractivity contribution in [1.82, 2.24) is 10.2 Å². The van der Waals surface area contributed by atoms with Gasteiger partial charge in [0.1, 0.15) is 0 Å². The molecular weight excluding hydrogens is 334 g/mol. The highest BCUT2D eigenvalue weighted by atomic mass is 32.2. The zero-order chi connectivity index (χ0) is 16.7. The Bertz CT molecular complexity index is 711. The second kappa shape index (κ2) is 8.44. The lowest BCUT2D eigenvalue weighted by atomic mass is 10.1. The molecule has 2 aromatic rings. The smallest absolute Gasteiger partial charge is 0.337 e. The zero-order valence-corrected chi connectivity index (χ0v) is 14.2. The third-order valence-corrected chi connectivity index (χ3v) is 4.52. The molecule has 0 atom stereocenters. The molecule has 1 N–H and O–H groups in total. The molecule has 1 aromatic heterocycles. The third kappa shape index (κ3) is 5.19. The third-order valence-electron chi connectivity index (χ3n) is 2.66. The minimum absolute atomic E-state index is 0.286. The van der Waals surface area contributed by atoms with Crippen LogP contribution in [0.1, 0.15) is 22.8 Å². The van der Waals surface area contributed by atoms with Gasteiger partial charge >= 0.3 is 5.97 Å². The predicted molar refractivity (Wildman–Crippen MR) is 91.8 cm³/mol. The topological polar surface area (TPSA) is 81.2 Å². The van der Waals surface area contributed by atoms with E-state index in [4.69, 9.17) is 0 Å². The molecule has 0 aliphatic heterocycles. The van der Waals surface area contributed by atoms with Crippen LogP contribution < -0.4 is 5.32 Å². The minimum Gasteiger partial charge on any atom is -0.465 e. The van der Waals surface area contributed by atoms with Gasteiger partial charge in [0.2, 0.25) is 11.0 Å². The Labute approximate surface area is 142 Å². The number of aromatic nitrogens is 2. The summed E-state index contributed by atoms with van der Waals surface area (Å²) in [6, 6.07) is 6.75. The van der Waals surface area contributed by atoms with Gasteiger partial charge in [0.15, 0.2) is 4.34 Å². The summed E-state index contributed by atoms with van der Waals surface area (Å²) in [5, 5.41) is 11.0. The number of esters is 1. The zero-order valence-electron chi connectivity index (χ0n) is 12.6. The summed E-state index contributed by atoms with van der Waals surface area (Å²) in [5.41, 5.74) is 1.26. The maximum absolute atomic E-state index is 11.8. The summed E-state index contributed by atoms with van der Waals surface area (Å²) < 4.78 is 5.45. The lowest BCUT2D eigenvalue weighted by Gasteiger charge is -1.99. The fourth-order valence-corrected chi connectivity index (χ4v) is 3.26. The first-order valence-corrected chi connectivity index (χ1v) is 8.56. The van der Waals surface area contributed by atoms with Gasteiger partial charge in [-0.25, -0.2) is 4.79 Å². The molecule has 6 nitrogen and oxygen atoms in total. The fraction of sp³-hybridized carbons (Fsp3) is 0.200. The molecule has 0 spiro atoms. The van der Waals surface area contributed by atoms with Crippen LogP contribution in [0.5, 0.6) is 0 Å². The summed E-state index contributed by atoms with van der Waals surface area (Å²) in [5.74, 6) is 0.228. The van der Waals surface area contributed by atoms with Crippen molar-refractivity contribution in [1.29, 1.82) is 0 Å². The van der Waals surface area contributed by atoms with Gasteiger partial charge in [-0.3, -0.25) is 10.1 Å². The number of amides is 1. The number of thioether (sulfide) groups is 1. The normalized spacial score (nSPS) is 10.7. The first-order valence-electron chi connectivity index (χ1n) is 6.76. The molecule has 23 heavy (non-hydrogen) atoms. The highest BCUT2D eigenvalue weighted by molar-refractivity contribution is 8.01. The second-order valence-corrected chi connectivity index (χ2v) is 6.73. The van der Waals surface area contributed by atoms with Crippen LogP contribution in [0, 0.1) is 0 Å². The van der Waals surface area contributed by atoms with Crippen molar-refractivity contribution in [2.75, 3.05) is 18.2 Å². The monoisotopic (exact) mass is 349 g/mol. The Hall–Kier alpha value is -2.19. The van der Waals surface area contributed by atoms with E-state index in [1.165, 1.54) is 24.5 Å². The van der Waals surface area contributed by atoms with Crippen molar-refractivity contribution in [3.05, 3.63) is 41.5 Å². The molecule has 2 rings (SSSR count). The van der Waals surface area contributed by atoms with Crippen molar-refractivity contribution in [3.8, 4) is 0 Å². The van der Waals surface area contributed by atoms with Gasteiger partial charge in [0.25, 0.3) is 0 Å². The van der Waals surface area contributed by atoms with E-state index in [2.05, 4.69) is 20.3 Å². The number of hydrogen-bond donors (Lipinski definition) is 1. The Morgan fingerprint density at radius 3 is 2.70 bits per heavy atom. The molecule has 120 valence electrons. The Kier molecular flexibility index (Phi) is 6.30. The summed E-state index contributed by atoms with van der Waals surface area (Å²) in [7, 11) is 1.33. The van der Waals surface area contributed by atoms with E-state index in [0.29, 0.717) is 10.7 Å². The van der Waals surface area contributed by atoms with Crippen molar-refractivity contribution in [2.45, 2.75) is 11.3 Å². The van der Waals surface area contributed by atoms with E-state index in [9.17, 15) is 9.59 Å². The Balaban J connectivity index is 1.93. The minimum atomic E-state index is -0.393. The number of anilines is 1. The van der Waals surface area contributed by atoms with E-state index in [1.807, 2.05) is 6.92 Å². The summed E-state index contributed by atoms with van der Waals surface area (Å²) in [6.07, 6.45) is 3.06. The molecule has 1 heterocycles. The highest BCUT2D eigenvalue weighted by Gasteiger charge is 2.06. The van der Waals surface area contributed by atoms with Crippen LogP contribution in [0.3, 0.4) is 0 Å². The van der Waals surface area contributed by atoms with Crippen LogP contribution in [0.25, 0.3) is 6.08 Å². The summed E-state index contributed by atoms with van der Waals surface area (Å²) >= 11 is 2.92. The van der Waals surface area contributed by atoms with Crippen molar-refractivity contribution in [2.24, 2.45) is 0 Å². The number of benzene rings is 1. The molecular formula is C15H15N3O3S2. The molecule has 0 unspecified atom stereocenters. The number of rotatable bonds is 6. The standard InChI is InChI=1S/C15H15N3O3S2/c1-3-22-15-18-17-14(23-15)16-12(19)9-6-10-4-7-11(8-5-10)13(20)21-2/h4-9H,3H2,1-2H3,(H,16,17,19)/b9-6+. The van der Waals surface area contributed by atoms with Crippen LogP contribution in [-0.2, 0) is 9.53 Å². The quantitative estimate of drug-likeness (QED) is 0.373. The number of carbonyl (C=O) groups is 2.